The van der Waals surface area contributed by atoms with Crippen molar-refractivity contribution >= 4 is 12.0 Å². The smallest absolute Gasteiger partial charge is 0.329 e. The first-order chi connectivity index (χ1) is 9.39. The van der Waals surface area contributed by atoms with Gasteiger partial charge in [-0.15, -0.1) is 10.2 Å². The number of carbonyl (C=O) groups is 2. The van der Waals surface area contributed by atoms with E-state index in [-0.39, 0.29) is 18.7 Å². The van der Waals surface area contributed by atoms with E-state index in [1.807, 2.05) is 0 Å². The van der Waals surface area contributed by atoms with E-state index in [4.69, 9.17) is 9.84 Å². The molecule has 1 aromatic heterocycles. The lowest BCUT2D eigenvalue weighted by molar-refractivity contribution is -0.159. The molecule has 1 fully saturated rings. The molecule has 2 rings (SSSR count). The van der Waals surface area contributed by atoms with Crippen molar-refractivity contribution in [3.05, 3.63) is 5.82 Å². The Morgan fingerprint density at radius 3 is 2.85 bits per heavy atom. The minimum atomic E-state index is -1.03. The van der Waals surface area contributed by atoms with Crippen LogP contribution < -0.4 is 5.32 Å². The highest BCUT2D eigenvalue weighted by Gasteiger charge is 2.43. The first-order valence-electron chi connectivity index (χ1n) is 6.04. The molecule has 1 aliphatic rings. The molecule has 1 saturated heterocycles. The summed E-state index contributed by atoms with van der Waals surface area (Å²) in [6.07, 6.45) is 0. The predicted molar refractivity (Wildman–Crippen MR) is 64.7 cm³/mol. The van der Waals surface area contributed by atoms with Crippen molar-refractivity contribution in [3.63, 3.8) is 0 Å². The SMILES string of the molecule is CC(NC(=O)N1CC(C)(OCC(=O)O)C1)c1nn[nH]n1. The summed E-state index contributed by atoms with van der Waals surface area (Å²) in [5, 5.41) is 24.6. The van der Waals surface area contributed by atoms with Crippen LogP contribution in [0.15, 0.2) is 0 Å². The van der Waals surface area contributed by atoms with Gasteiger partial charge in [0.25, 0.3) is 0 Å². The van der Waals surface area contributed by atoms with E-state index in [1.54, 1.807) is 13.8 Å². The molecule has 10 heteroatoms. The normalized spacial score (nSPS) is 18.2. The Balaban J connectivity index is 1.77. The van der Waals surface area contributed by atoms with E-state index >= 15 is 0 Å². The van der Waals surface area contributed by atoms with Crippen LogP contribution >= 0.6 is 0 Å². The number of hydrogen-bond acceptors (Lipinski definition) is 6. The highest BCUT2D eigenvalue weighted by atomic mass is 16.5. The van der Waals surface area contributed by atoms with Gasteiger partial charge in [0.15, 0.2) is 5.82 Å². The number of ether oxygens (including phenoxy) is 1. The van der Waals surface area contributed by atoms with Gasteiger partial charge in [-0.2, -0.15) is 5.21 Å². The van der Waals surface area contributed by atoms with Gasteiger partial charge in [0.1, 0.15) is 12.2 Å². The Morgan fingerprint density at radius 1 is 1.60 bits per heavy atom. The molecule has 110 valence electrons. The summed E-state index contributed by atoms with van der Waals surface area (Å²) in [6.45, 7) is 3.81. The molecule has 1 aliphatic heterocycles. The van der Waals surface area contributed by atoms with Crippen LogP contribution in [-0.4, -0.2) is 67.9 Å². The van der Waals surface area contributed by atoms with E-state index in [0.717, 1.165) is 0 Å². The van der Waals surface area contributed by atoms with Crippen LogP contribution in [0.3, 0.4) is 0 Å². The summed E-state index contributed by atoms with van der Waals surface area (Å²) in [5.74, 6) is -0.636. The number of aliphatic carboxylic acids is 1. The van der Waals surface area contributed by atoms with E-state index in [9.17, 15) is 9.59 Å². The van der Waals surface area contributed by atoms with Crippen LogP contribution in [0.25, 0.3) is 0 Å². The molecule has 0 radical (unpaired) electrons. The van der Waals surface area contributed by atoms with Gasteiger partial charge in [-0.05, 0) is 13.8 Å². The molecule has 0 aliphatic carbocycles. The molecule has 2 amide bonds. The zero-order valence-corrected chi connectivity index (χ0v) is 11.2. The fraction of sp³-hybridized carbons (Fsp3) is 0.700. The number of tetrazole rings is 1. The standard InChI is InChI=1S/C10H16N6O4/c1-6(8-12-14-15-13-8)11-9(19)16-4-10(2,5-16)20-3-7(17)18/h6H,3-5H2,1-2H3,(H,11,19)(H,17,18)(H,12,13,14,15). The summed E-state index contributed by atoms with van der Waals surface area (Å²) in [5.41, 5.74) is -0.606. The molecular formula is C10H16N6O4. The summed E-state index contributed by atoms with van der Waals surface area (Å²) in [6, 6.07) is -0.647. The molecule has 3 N–H and O–H groups in total. The Morgan fingerprint density at radius 2 is 2.30 bits per heavy atom. The lowest BCUT2D eigenvalue weighted by atomic mass is 9.97. The number of nitrogens with one attached hydrogen (secondary N) is 2. The Bertz CT molecular complexity index is 484. The molecule has 1 atom stereocenters. The lowest BCUT2D eigenvalue weighted by Gasteiger charge is -2.47. The number of hydrogen-bond donors (Lipinski definition) is 3. The van der Waals surface area contributed by atoms with Gasteiger partial charge in [0, 0.05) is 0 Å². The molecule has 0 spiro atoms. The van der Waals surface area contributed by atoms with Gasteiger partial charge in [-0.25, -0.2) is 9.59 Å². The van der Waals surface area contributed by atoms with Crippen LogP contribution in [0.1, 0.15) is 25.7 Å². The van der Waals surface area contributed by atoms with Crippen molar-refractivity contribution in [2.75, 3.05) is 19.7 Å². The summed E-state index contributed by atoms with van der Waals surface area (Å²) in [7, 11) is 0. The van der Waals surface area contributed by atoms with Crippen LogP contribution in [0.5, 0.6) is 0 Å². The van der Waals surface area contributed by atoms with E-state index in [2.05, 4.69) is 25.9 Å². The fourth-order valence-electron chi connectivity index (χ4n) is 1.93. The van der Waals surface area contributed by atoms with Gasteiger partial charge in [0.05, 0.1) is 19.1 Å². The molecule has 0 aromatic carbocycles. The van der Waals surface area contributed by atoms with E-state index in [1.165, 1.54) is 4.90 Å². The second-order valence-electron chi connectivity index (χ2n) is 4.93. The van der Waals surface area contributed by atoms with E-state index in [0.29, 0.717) is 18.9 Å². The molecule has 2 heterocycles. The van der Waals surface area contributed by atoms with Crippen LogP contribution in [-0.2, 0) is 9.53 Å². The maximum atomic E-state index is 11.9. The summed E-state index contributed by atoms with van der Waals surface area (Å²) >= 11 is 0. The maximum Gasteiger partial charge on any atom is 0.329 e. The first kappa shape index (κ1) is 14.2. The molecule has 1 aromatic rings. The molecule has 1 unspecified atom stereocenters. The van der Waals surface area contributed by atoms with Crippen molar-refractivity contribution in [1.29, 1.82) is 0 Å². The Labute approximate surface area is 114 Å². The average molecular weight is 284 g/mol. The van der Waals surface area contributed by atoms with Crippen molar-refractivity contribution in [1.82, 2.24) is 30.8 Å². The number of urea groups is 1. The van der Waals surface area contributed by atoms with Crippen LogP contribution in [0, 0.1) is 0 Å². The molecule has 0 saturated carbocycles. The van der Waals surface area contributed by atoms with Gasteiger partial charge >= 0.3 is 12.0 Å². The monoisotopic (exact) mass is 284 g/mol. The second-order valence-corrected chi connectivity index (χ2v) is 4.93. The number of carboxylic acid groups (broad SMARTS) is 1. The Hall–Kier alpha value is -2.23. The number of nitrogens with zero attached hydrogens (tertiary/aromatic N) is 4. The third-order valence-electron chi connectivity index (χ3n) is 2.97. The van der Waals surface area contributed by atoms with Crippen molar-refractivity contribution < 1.29 is 19.4 Å². The molecular weight excluding hydrogens is 268 g/mol. The van der Waals surface area contributed by atoms with E-state index < -0.39 is 11.6 Å². The number of H-pyrrole nitrogens is 1. The zero-order valence-electron chi connectivity index (χ0n) is 11.2. The van der Waals surface area contributed by atoms with Gasteiger partial charge < -0.3 is 20.1 Å². The first-order valence-corrected chi connectivity index (χ1v) is 6.04. The molecule has 20 heavy (non-hydrogen) atoms. The third kappa shape index (κ3) is 3.20. The number of rotatable bonds is 5. The topological polar surface area (TPSA) is 133 Å². The zero-order chi connectivity index (χ0) is 14.8. The van der Waals surface area contributed by atoms with Gasteiger partial charge in [0.2, 0.25) is 0 Å². The molecule has 10 nitrogen and oxygen atoms in total. The van der Waals surface area contributed by atoms with Crippen molar-refractivity contribution in [2.45, 2.75) is 25.5 Å². The number of amides is 2. The second kappa shape index (κ2) is 5.41. The third-order valence-corrected chi connectivity index (χ3v) is 2.97. The number of aromatic amines is 1. The number of aromatic nitrogens is 4. The minimum Gasteiger partial charge on any atom is -0.480 e. The van der Waals surface area contributed by atoms with Crippen LogP contribution in [0.4, 0.5) is 4.79 Å². The van der Waals surface area contributed by atoms with Crippen molar-refractivity contribution in [3.8, 4) is 0 Å². The fourth-order valence-corrected chi connectivity index (χ4v) is 1.93. The van der Waals surface area contributed by atoms with Crippen molar-refractivity contribution in [2.24, 2.45) is 0 Å². The van der Waals surface area contributed by atoms with Gasteiger partial charge in [-0.1, -0.05) is 5.21 Å². The number of carboxylic acids is 1. The highest BCUT2D eigenvalue weighted by molar-refractivity contribution is 5.76. The average Bonchev–Trinajstić information content (AvgIpc) is 2.86. The predicted octanol–water partition coefficient (Wildman–Crippen LogP) is -0.854. The lowest BCUT2D eigenvalue weighted by Crippen LogP contribution is -2.65. The van der Waals surface area contributed by atoms with Gasteiger partial charge in [-0.3, -0.25) is 0 Å². The number of likely N-dealkylation sites (tertiary alicyclic amines) is 1. The molecule has 0 bridgehead atoms. The quantitative estimate of drug-likeness (QED) is 0.641. The summed E-state index contributed by atoms with van der Waals surface area (Å²) < 4.78 is 5.22. The Kier molecular flexibility index (Phi) is 3.84. The summed E-state index contributed by atoms with van der Waals surface area (Å²) in [4.78, 5) is 23.9. The maximum absolute atomic E-state index is 11.9. The minimum absolute atomic E-state index is 0.279. The largest absolute Gasteiger partial charge is 0.480 e. The number of carbonyl (C=O) groups excluding carboxylic acids is 1. The van der Waals surface area contributed by atoms with Crippen LogP contribution in [0.2, 0.25) is 0 Å². The highest BCUT2D eigenvalue weighted by Crippen LogP contribution is 2.24.